The monoisotopic (exact) mass is 1120 g/mol. The third-order valence-corrected chi connectivity index (χ3v) is 29.1. The number of nitrogens with one attached hydrogen (secondary N) is 1. The molecule has 1 amide bonds. The van der Waals surface area contributed by atoms with Gasteiger partial charge in [-0.3, -0.25) is 14.4 Å². The van der Waals surface area contributed by atoms with Gasteiger partial charge in [-0.25, -0.2) is 14.4 Å². The van der Waals surface area contributed by atoms with Gasteiger partial charge in [0, 0.05) is 25.2 Å². The molecule has 2 N–H and O–H groups in total. The Morgan fingerprint density at radius 3 is 1.92 bits per heavy atom. The van der Waals surface area contributed by atoms with Crippen LogP contribution in [0.2, 0.25) is 34.8 Å². The summed E-state index contributed by atoms with van der Waals surface area (Å²) in [7, 11) is -5.68. The molecule has 5 aliphatic rings. The molecule has 6 rings (SSSR count). The van der Waals surface area contributed by atoms with Crippen LogP contribution in [0.5, 0.6) is 0 Å². The topological polar surface area (TPSA) is 209 Å². The van der Waals surface area contributed by atoms with E-state index >= 15 is 9.59 Å². The average Bonchev–Trinajstić information content (AvgIpc) is 4.20. The van der Waals surface area contributed by atoms with E-state index in [0.717, 1.165) is 5.57 Å². The summed E-state index contributed by atoms with van der Waals surface area (Å²) in [5.41, 5.74) is -7.01. The van der Waals surface area contributed by atoms with Crippen molar-refractivity contribution in [2.45, 2.75) is 251 Å². The number of aliphatic hydroxyl groups is 1. The Morgan fingerprint density at radius 1 is 0.872 bits per heavy atom. The standard InChI is InChI=1S/C60H93NO15Si2/c1-20-77(21-2,22-3)75-44-31-45-59(33-69-45,73-39(13)62)49-51(72-53(65)40-26-24-23-25-27-40)60(68)32-43(38(12)46(57(60,17)18)48(50(63)58(44,49)19)71-52(64)41-28-29-41)70-54(66)47(76-78(35(6)7,36(8)9)37(10)11)42(30-34(4)5)61-55(67)74-56(14,15)16/h23-27,30,35-37,41-45,47-49,51,68H,20-22,28-29,31-33H2,1-19H3,(H,61,67)/t42-,43-,44-,45+,47+,48+,49-,51-,58+,59-,60+/m0/s1. The van der Waals surface area contributed by atoms with E-state index in [1.165, 1.54) is 6.92 Å². The van der Waals surface area contributed by atoms with Crippen LogP contribution in [0.3, 0.4) is 0 Å². The highest BCUT2D eigenvalue weighted by atomic mass is 28.4. The van der Waals surface area contributed by atoms with E-state index in [2.05, 4.69) is 67.6 Å². The van der Waals surface area contributed by atoms with Crippen molar-refractivity contribution in [3.05, 3.63) is 58.7 Å². The summed E-state index contributed by atoms with van der Waals surface area (Å²) in [5.74, 6) is -5.49. The maximum Gasteiger partial charge on any atom is 0.408 e. The van der Waals surface area contributed by atoms with E-state index in [1.807, 2.05) is 13.8 Å². The molecule has 4 fully saturated rings. The molecule has 0 radical (unpaired) electrons. The Balaban J connectivity index is 1.68. The minimum absolute atomic E-state index is 0.0254. The van der Waals surface area contributed by atoms with Gasteiger partial charge < -0.3 is 47.7 Å². The molecule has 436 valence electrons. The number of Topliss-reactive ketones (excluding diaryl/α,β-unsaturated/α-hetero) is 1. The van der Waals surface area contributed by atoms with Crippen molar-refractivity contribution < 1.29 is 71.1 Å². The summed E-state index contributed by atoms with van der Waals surface area (Å²) in [6, 6.07) is 9.25. The van der Waals surface area contributed by atoms with E-state index in [9.17, 15) is 24.3 Å². The maximum absolute atomic E-state index is 16.9. The normalized spacial score (nSPS) is 29.7. The van der Waals surface area contributed by atoms with E-state index in [0.29, 0.717) is 36.5 Å². The molecule has 0 unspecified atom stereocenters. The van der Waals surface area contributed by atoms with Gasteiger partial charge in [0.2, 0.25) is 8.32 Å². The Labute approximate surface area is 466 Å². The molecule has 11 atom stereocenters. The number of ether oxygens (including phenoxy) is 6. The van der Waals surface area contributed by atoms with Crippen LogP contribution >= 0.6 is 0 Å². The van der Waals surface area contributed by atoms with Gasteiger partial charge in [0.15, 0.2) is 31.9 Å². The quantitative estimate of drug-likeness (QED) is 0.0539. The number of hydrogen-bond donors (Lipinski definition) is 2. The second kappa shape index (κ2) is 23.3. The number of carbonyl (C=O) groups is 6. The van der Waals surface area contributed by atoms with Gasteiger partial charge in [-0.2, -0.15) is 0 Å². The number of allylic oxidation sites excluding steroid dienone is 1. The zero-order valence-corrected chi connectivity index (χ0v) is 52.2. The number of rotatable bonds is 20. The fourth-order valence-corrected chi connectivity index (χ4v) is 22.4. The number of ketones is 1. The second-order valence-electron chi connectivity index (χ2n) is 25.9. The van der Waals surface area contributed by atoms with Crippen molar-refractivity contribution in [1.82, 2.24) is 5.32 Å². The number of amides is 1. The predicted molar refractivity (Wildman–Crippen MR) is 300 cm³/mol. The lowest BCUT2D eigenvalue weighted by Crippen LogP contribution is -2.82. The molecule has 2 bridgehead atoms. The van der Waals surface area contributed by atoms with Crippen molar-refractivity contribution in [1.29, 1.82) is 0 Å². The van der Waals surface area contributed by atoms with Crippen molar-refractivity contribution in [3.8, 4) is 0 Å². The summed E-state index contributed by atoms with van der Waals surface area (Å²) in [6.07, 6.45) is -6.41. The number of benzene rings is 1. The Bertz CT molecular complexity index is 2440. The lowest BCUT2D eigenvalue weighted by molar-refractivity contribution is -0.344. The first-order valence-electron chi connectivity index (χ1n) is 28.6. The van der Waals surface area contributed by atoms with Crippen LogP contribution < -0.4 is 5.32 Å². The van der Waals surface area contributed by atoms with Crippen LogP contribution in [-0.2, 0) is 56.5 Å². The van der Waals surface area contributed by atoms with E-state index in [1.54, 1.807) is 84.9 Å². The van der Waals surface area contributed by atoms with Gasteiger partial charge in [0.1, 0.15) is 29.5 Å². The van der Waals surface area contributed by atoms with Gasteiger partial charge in [0.25, 0.3) is 0 Å². The van der Waals surface area contributed by atoms with E-state index < -0.39 is 141 Å². The third-order valence-electron chi connectivity index (χ3n) is 18.4. The Morgan fingerprint density at radius 2 is 1.45 bits per heavy atom. The predicted octanol–water partition coefficient (Wildman–Crippen LogP) is 11.0. The molecule has 1 aliphatic heterocycles. The summed E-state index contributed by atoms with van der Waals surface area (Å²) >= 11 is 0. The Hall–Kier alpha value is -4.21. The molecule has 1 aromatic carbocycles. The third kappa shape index (κ3) is 11.6. The number of carbonyl (C=O) groups excluding carboxylic acids is 6. The number of esters is 4. The summed E-state index contributed by atoms with van der Waals surface area (Å²) in [5, 5.41) is 17.5. The van der Waals surface area contributed by atoms with E-state index in [4.69, 9.17) is 37.3 Å². The minimum Gasteiger partial charge on any atom is -0.456 e. The highest BCUT2D eigenvalue weighted by Crippen LogP contribution is 2.65. The molecule has 3 saturated carbocycles. The molecular weight excluding hydrogens is 1030 g/mol. The summed E-state index contributed by atoms with van der Waals surface area (Å²) in [6.45, 7) is 35.5. The second-order valence-corrected chi connectivity index (χ2v) is 36.0. The first kappa shape index (κ1) is 63.0. The first-order chi connectivity index (χ1) is 36.2. The van der Waals surface area contributed by atoms with Gasteiger partial charge in [-0.15, -0.1) is 0 Å². The maximum atomic E-state index is 16.9. The number of alkyl carbamates (subject to hydrolysis) is 1. The SMILES string of the molecule is CC[Si](CC)(CC)O[C@H]1C[C@H]2OC[C@@]2(OC(C)=O)[C@H]2[C@H](OC(=O)c3ccccc3)[C@]3(O)C[C@H](OC(=O)[C@H](O[Si](C(C)C)(C(C)C)C(C)C)[C@H](C=C(C)C)NC(=O)OC(C)(C)C)C(C)=C([C@@H](OC(=O)C4CC4)C(=O)[C@]12C)C3(C)C. The highest BCUT2D eigenvalue weighted by molar-refractivity contribution is 6.77. The highest BCUT2D eigenvalue weighted by Gasteiger charge is 2.79. The smallest absolute Gasteiger partial charge is 0.408 e. The number of fused-ring (bicyclic) bond motifs is 5. The summed E-state index contributed by atoms with van der Waals surface area (Å²) < 4.78 is 53.7. The van der Waals surface area contributed by atoms with Gasteiger partial charge in [-0.1, -0.05) is 106 Å². The van der Waals surface area contributed by atoms with Gasteiger partial charge >= 0.3 is 30.0 Å². The fourth-order valence-electron chi connectivity index (χ4n) is 13.9. The summed E-state index contributed by atoms with van der Waals surface area (Å²) in [4.78, 5) is 89.5. The molecule has 78 heavy (non-hydrogen) atoms. The zero-order chi connectivity index (χ0) is 58.5. The van der Waals surface area contributed by atoms with Crippen molar-refractivity contribution in [2.75, 3.05) is 6.61 Å². The van der Waals surface area contributed by atoms with Crippen LogP contribution in [0.1, 0.15) is 168 Å². The zero-order valence-electron chi connectivity index (χ0n) is 50.2. The van der Waals surface area contributed by atoms with Crippen molar-refractivity contribution in [2.24, 2.45) is 22.7 Å². The first-order valence-corrected chi connectivity index (χ1v) is 33.3. The molecule has 18 heteroatoms. The Kier molecular flexibility index (Phi) is 18.8. The molecule has 16 nitrogen and oxygen atoms in total. The number of hydrogen-bond acceptors (Lipinski definition) is 15. The van der Waals surface area contributed by atoms with Crippen LogP contribution in [0, 0.1) is 22.7 Å². The van der Waals surface area contributed by atoms with Crippen LogP contribution in [-0.4, -0.2) is 124 Å². The van der Waals surface area contributed by atoms with E-state index in [-0.39, 0.29) is 40.8 Å². The molecule has 0 spiro atoms. The molecule has 1 aromatic rings. The van der Waals surface area contributed by atoms with Crippen LogP contribution in [0.4, 0.5) is 4.79 Å². The van der Waals surface area contributed by atoms with Crippen molar-refractivity contribution >= 4 is 52.4 Å². The lowest BCUT2D eigenvalue weighted by atomic mass is 9.44. The molecular formula is C60H93NO15Si2. The molecule has 4 aliphatic carbocycles. The lowest BCUT2D eigenvalue weighted by Gasteiger charge is -2.68. The minimum atomic E-state index is -3.02. The average molecular weight is 1120 g/mol. The fraction of sp³-hybridized carbons (Fsp3) is 0.733. The van der Waals surface area contributed by atoms with Crippen LogP contribution in [0.15, 0.2) is 53.1 Å². The molecule has 1 saturated heterocycles. The van der Waals surface area contributed by atoms with Crippen LogP contribution in [0.25, 0.3) is 0 Å². The largest absolute Gasteiger partial charge is 0.456 e. The van der Waals surface area contributed by atoms with Crippen molar-refractivity contribution in [3.63, 3.8) is 0 Å². The molecule has 1 heterocycles. The van der Waals surface area contributed by atoms with Gasteiger partial charge in [-0.05, 0) is 119 Å². The molecule has 0 aromatic heterocycles. The van der Waals surface area contributed by atoms with Gasteiger partial charge in [0.05, 0.1) is 41.6 Å².